The Bertz CT molecular complexity index is 1300. The van der Waals surface area contributed by atoms with Gasteiger partial charge in [-0.05, 0) is 57.8 Å². The monoisotopic (exact) mass is 941 g/mol. The van der Waals surface area contributed by atoms with Gasteiger partial charge in [0.25, 0.3) is 0 Å². The Morgan fingerprint density at radius 1 is 0.508 bits per heavy atom. The summed E-state index contributed by atoms with van der Waals surface area (Å²) in [6.45, 7) is 4.13. The standard InChI is InChI=1S/C52H93O12P/c1-3-5-7-9-11-13-15-17-19-21-22-23-24-25-26-28-30-32-34-36-38-40-42-61-43-45(44-62-65(59,60)64-52-50(57)48(55)47(54)49(56)51(52)58)63-46(53)41-39-37-35-33-31-29-27-20-18-16-14-12-10-8-6-4-2/h5,7,11,13,17,19,22-23,25-26,45,47-52,54-58H,3-4,6,8-10,12,14-16,18,20-21,24,27-44H2,1-2H3,(H,59,60)/b7-5-,13-11-,19-17-,23-22-,26-25-. The molecule has 0 aromatic rings. The Balaban J connectivity index is 2.35. The Morgan fingerprint density at radius 2 is 0.908 bits per heavy atom. The molecule has 0 heterocycles. The second-order valence-corrected chi connectivity index (χ2v) is 19.1. The highest BCUT2D eigenvalue weighted by Gasteiger charge is 2.51. The van der Waals surface area contributed by atoms with Crippen molar-refractivity contribution in [1.29, 1.82) is 0 Å². The zero-order valence-corrected chi connectivity index (χ0v) is 41.4. The minimum Gasteiger partial charge on any atom is -0.457 e. The number of phosphoric ester groups is 1. The van der Waals surface area contributed by atoms with Gasteiger partial charge in [-0.2, -0.15) is 0 Å². The van der Waals surface area contributed by atoms with Crippen molar-refractivity contribution in [3.05, 3.63) is 60.8 Å². The van der Waals surface area contributed by atoms with Gasteiger partial charge in [-0.25, -0.2) is 4.57 Å². The van der Waals surface area contributed by atoms with Crippen molar-refractivity contribution in [1.82, 2.24) is 0 Å². The smallest absolute Gasteiger partial charge is 0.457 e. The highest BCUT2D eigenvalue weighted by atomic mass is 31.2. The first-order valence-electron chi connectivity index (χ1n) is 25.6. The molecule has 378 valence electrons. The summed E-state index contributed by atoms with van der Waals surface area (Å²) in [6.07, 6.45) is 41.4. The van der Waals surface area contributed by atoms with Crippen molar-refractivity contribution < 1.29 is 58.3 Å². The Kier molecular flexibility index (Phi) is 39.6. The van der Waals surface area contributed by atoms with Crippen LogP contribution in [0.15, 0.2) is 60.8 Å². The van der Waals surface area contributed by atoms with Crippen LogP contribution in [0.4, 0.5) is 0 Å². The predicted molar refractivity (Wildman–Crippen MR) is 262 cm³/mol. The Morgan fingerprint density at radius 3 is 1.38 bits per heavy atom. The van der Waals surface area contributed by atoms with Crippen molar-refractivity contribution in [2.75, 3.05) is 19.8 Å². The van der Waals surface area contributed by atoms with Crippen molar-refractivity contribution in [2.45, 2.75) is 243 Å². The normalized spacial score (nSPS) is 22.0. The van der Waals surface area contributed by atoms with Crippen molar-refractivity contribution in [2.24, 2.45) is 0 Å². The molecule has 0 radical (unpaired) electrons. The summed E-state index contributed by atoms with van der Waals surface area (Å²) >= 11 is 0. The molecule has 65 heavy (non-hydrogen) atoms. The maximum absolute atomic E-state index is 12.9. The van der Waals surface area contributed by atoms with E-state index in [1.165, 1.54) is 77.0 Å². The SMILES string of the molecule is CC/C=C\C/C=C\C/C=C\C/C=C\C/C=C\CCCCCCCCOCC(COP(=O)(O)OC1C(O)C(O)C(O)C(O)C1O)OC(=O)CCCCCCCCCCCCCCCCCC. The van der Waals surface area contributed by atoms with Gasteiger partial charge in [0.15, 0.2) is 0 Å². The molecule has 0 amide bonds. The number of hydrogen-bond donors (Lipinski definition) is 6. The van der Waals surface area contributed by atoms with E-state index in [1.54, 1.807) is 0 Å². The molecule has 0 spiro atoms. The molecule has 1 rings (SSSR count). The maximum atomic E-state index is 12.9. The molecular weight excluding hydrogens is 848 g/mol. The Labute approximate surface area is 394 Å². The molecule has 0 saturated heterocycles. The molecule has 1 aliphatic carbocycles. The first kappa shape index (κ1) is 61.1. The lowest BCUT2D eigenvalue weighted by molar-refractivity contribution is -0.220. The average molecular weight is 941 g/mol. The highest BCUT2D eigenvalue weighted by Crippen LogP contribution is 2.47. The van der Waals surface area contributed by atoms with Gasteiger partial charge in [-0.15, -0.1) is 0 Å². The largest absolute Gasteiger partial charge is 0.472 e. The molecule has 13 heteroatoms. The van der Waals surface area contributed by atoms with E-state index in [1.807, 2.05) is 0 Å². The van der Waals surface area contributed by atoms with Crippen LogP contribution < -0.4 is 0 Å². The molecule has 6 unspecified atom stereocenters. The third-order valence-electron chi connectivity index (χ3n) is 11.7. The second-order valence-electron chi connectivity index (χ2n) is 17.6. The minimum absolute atomic E-state index is 0.0871. The third kappa shape index (κ3) is 34.1. The average Bonchev–Trinajstić information content (AvgIpc) is 3.29. The molecule has 1 aliphatic rings. The van der Waals surface area contributed by atoms with Gasteiger partial charge in [0.2, 0.25) is 0 Å². The summed E-state index contributed by atoms with van der Waals surface area (Å²) in [5, 5.41) is 50.3. The number of hydrogen-bond acceptors (Lipinski definition) is 11. The number of unbranched alkanes of at least 4 members (excludes halogenated alkanes) is 21. The molecule has 12 nitrogen and oxygen atoms in total. The van der Waals surface area contributed by atoms with Gasteiger partial charge < -0.3 is 39.9 Å². The molecule has 0 aromatic heterocycles. The number of esters is 1. The van der Waals surface area contributed by atoms with E-state index in [9.17, 15) is 39.8 Å². The van der Waals surface area contributed by atoms with Crippen LogP contribution in [0.2, 0.25) is 0 Å². The van der Waals surface area contributed by atoms with Gasteiger partial charge in [-0.3, -0.25) is 13.8 Å². The second kappa shape index (κ2) is 42.2. The van der Waals surface area contributed by atoms with Crippen LogP contribution in [-0.2, 0) is 27.9 Å². The van der Waals surface area contributed by atoms with Crippen LogP contribution in [0, 0.1) is 0 Å². The number of carbonyl (C=O) groups excluding carboxylic acids is 1. The Hall–Kier alpha value is -1.96. The molecule has 6 N–H and O–H groups in total. The maximum Gasteiger partial charge on any atom is 0.472 e. The number of aliphatic hydroxyl groups is 5. The van der Waals surface area contributed by atoms with E-state index in [2.05, 4.69) is 74.6 Å². The van der Waals surface area contributed by atoms with E-state index in [0.717, 1.165) is 96.3 Å². The predicted octanol–water partition coefficient (Wildman–Crippen LogP) is 11.4. The summed E-state index contributed by atoms with van der Waals surface area (Å²) in [5.74, 6) is -0.482. The van der Waals surface area contributed by atoms with Crippen LogP contribution in [-0.4, -0.2) is 98.9 Å². The van der Waals surface area contributed by atoms with Crippen LogP contribution in [0.5, 0.6) is 0 Å². The summed E-state index contributed by atoms with van der Waals surface area (Å²) in [5.41, 5.74) is 0. The number of ether oxygens (including phenoxy) is 2. The van der Waals surface area contributed by atoms with Gasteiger partial charge in [0.05, 0.1) is 13.2 Å². The van der Waals surface area contributed by atoms with E-state index in [4.69, 9.17) is 18.5 Å². The topological polar surface area (TPSA) is 192 Å². The fourth-order valence-corrected chi connectivity index (χ4v) is 8.59. The van der Waals surface area contributed by atoms with Gasteiger partial charge >= 0.3 is 13.8 Å². The minimum atomic E-state index is -5.03. The lowest BCUT2D eigenvalue weighted by atomic mass is 9.85. The van der Waals surface area contributed by atoms with Crippen LogP contribution in [0.3, 0.4) is 0 Å². The number of aliphatic hydroxyl groups excluding tert-OH is 5. The van der Waals surface area contributed by atoms with Crippen LogP contribution in [0.1, 0.15) is 200 Å². The molecule has 0 bridgehead atoms. The van der Waals surface area contributed by atoms with Gasteiger partial charge in [0.1, 0.15) is 42.7 Å². The van der Waals surface area contributed by atoms with Crippen LogP contribution in [0.25, 0.3) is 0 Å². The van der Waals surface area contributed by atoms with Crippen molar-refractivity contribution in [3.8, 4) is 0 Å². The van der Waals surface area contributed by atoms with E-state index in [-0.39, 0.29) is 13.0 Å². The summed E-state index contributed by atoms with van der Waals surface area (Å²) < 4.78 is 34.3. The van der Waals surface area contributed by atoms with E-state index in [0.29, 0.717) is 13.0 Å². The fourth-order valence-electron chi connectivity index (χ4n) is 7.62. The molecule has 0 aliphatic heterocycles. The first-order chi connectivity index (χ1) is 31.5. The molecule has 1 fully saturated rings. The molecule has 1 saturated carbocycles. The van der Waals surface area contributed by atoms with Crippen molar-refractivity contribution >= 4 is 13.8 Å². The van der Waals surface area contributed by atoms with E-state index < -0.39 is 63.1 Å². The number of phosphoric acid groups is 1. The molecular formula is C52H93O12P. The van der Waals surface area contributed by atoms with Crippen LogP contribution >= 0.6 is 7.82 Å². The third-order valence-corrected chi connectivity index (χ3v) is 12.6. The zero-order chi connectivity index (χ0) is 47.6. The number of rotatable bonds is 43. The number of carbonyl (C=O) groups is 1. The molecule has 0 aromatic carbocycles. The number of allylic oxidation sites excluding steroid dienone is 10. The fraction of sp³-hybridized carbons (Fsp3) is 0.788. The summed E-state index contributed by atoms with van der Waals surface area (Å²) in [7, 11) is -5.03. The van der Waals surface area contributed by atoms with Gasteiger partial charge in [-0.1, -0.05) is 197 Å². The summed E-state index contributed by atoms with van der Waals surface area (Å²) in [4.78, 5) is 23.2. The zero-order valence-electron chi connectivity index (χ0n) is 40.5. The van der Waals surface area contributed by atoms with E-state index >= 15 is 0 Å². The van der Waals surface area contributed by atoms with Crippen molar-refractivity contribution in [3.63, 3.8) is 0 Å². The summed E-state index contributed by atoms with van der Waals surface area (Å²) in [6, 6.07) is 0. The van der Waals surface area contributed by atoms with Gasteiger partial charge in [0, 0.05) is 13.0 Å². The lowest BCUT2D eigenvalue weighted by Crippen LogP contribution is -2.64. The lowest BCUT2D eigenvalue weighted by Gasteiger charge is -2.41. The highest BCUT2D eigenvalue weighted by molar-refractivity contribution is 7.47. The molecule has 6 atom stereocenters. The quantitative estimate of drug-likeness (QED) is 0.0147. The first-order valence-corrected chi connectivity index (χ1v) is 27.1.